The lowest BCUT2D eigenvalue weighted by Gasteiger charge is -2.65. The summed E-state index contributed by atoms with van der Waals surface area (Å²) in [6.45, 7) is 14.3. The highest BCUT2D eigenvalue weighted by atomic mass is 16.3. The number of allylic oxidation sites excluding steroid dienone is 1. The molecule has 0 aromatic rings. The van der Waals surface area contributed by atoms with Gasteiger partial charge in [-0.3, -0.25) is 9.59 Å². The van der Waals surface area contributed by atoms with Gasteiger partial charge in [0.25, 0.3) is 0 Å². The molecular formula is C30H46O7. The van der Waals surface area contributed by atoms with Crippen LogP contribution in [0.3, 0.4) is 0 Å². The molecule has 0 saturated heterocycles. The highest BCUT2D eigenvalue weighted by molar-refractivity contribution is 5.97. The molecule has 0 spiro atoms. The van der Waals surface area contributed by atoms with Crippen molar-refractivity contribution in [2.45, 2.75) is 111 Å². The molecule has 5 N–H and O–H groups in total. The van der Waals surface area contributed by atoms with Gasteiger partial charge in [0.2, 0.25) is 0 Å². The van der Waals surface area contributed by atoms with Crippen LogP contribution in [0, 0.1) is 39.4 Å². The molecule has 0 aromatic heterocycles. The van der Waals surface area contributed by atoms with Crippen molar-refractivity contribution in [3.05, 3.63) is 23.8 Å². The summed E-state index contributed by atoms with van der Waals surface area (Å²) in [7, 11) is 0. The van der Waals surface area contributed by atoms with Crippen molar-refractivity contribution in [1.29, 1.82) is 0 Å². The van der Waals surface area contributed by atoms with Gasteiger partial charge in [0.1, 0.15) is 11.4 Å². The molecule has 0 heterocycles. The highest BCUT2D eigenvalue weighted by Gasteiger charge is 2.74. The Hall–Kier alpha value is -1.38. The van der Waals surface area contributed by atoms with Crippen LogP contribution >= 0.6 is 0 Å². The molecule has 37 heavy (non-hydrogen) atoms. The topological polar surface area (TPSA) is 135 Å². The summed E-state index contributed by atoms with van der Waals surface area (Å²) in [5.41, 5.74) is -5.07. The highest BCUT2D eigenvalue weighted by Crippen LogP contribution is 2.74. The lowest BCUT2D eigenvalue weighted by Crippen LogP contribution is -2.65. The quantitative estimate of drug-likeness (QED) is 0.285. The van der Waals surface area contributed by atoms with E-state index < -0.39 is 62.9 Å². The smallest absolute Gasteiger partial charge is 0.187 e. The number of ketones is 2. The Bertz CT molecular complexity index is 1050. The van der Waals surface area contributed by atoms with Gasteiger partial charge in [0.05, 0.1) is 23.9 Å². The van der Waals surface area contributed by atoms with Crippen molar-refractivity contribution in [3.8, 4) is 0 Å². The second-order valence-corrected chi connectivity index (χ2v) is 14.4. The summed E-state index contributed by atoms with van der Waals surface area (Å²) in [5.74, 6) is -1.88. The van der Waals surface area contributed by atoms with Crippen LogP contribution < -0.4 is 0 Å². The predicted octanol–water partition coefficient (Wildman–Crippen LogP) is 2.72. The molecule has 0 unspecified atom stereocenters. The number of hydrogen-bond acceptors (Lipinski definition) is 7. The molecule has 4 aliphatic carbocycles. The standard InChI is InChI=1S/C30H46O7/c1-25(2,36)12-11-21(33)30(8,37)23-19(32)14-27(5)20-10-9-16-17(13-18(31)24(35)26(16,3)4)29(20,7)22(34)15-28(23,27)6/h9,11-12,17-20,23-24,31-32,35-37H,10,13-15H2,1-8H3/b12-11+/t17-,18-,19-,20+,23+,24-,27+,28-,29+,30+/m1/s1. The number of aliphatic hydroxyl groups is 5. The van der Waals surface area contributed by atoms with Crippen LogP contribution in [0.25, 0.3) is 0 Å². The number of hydrogen-bond donors (Lipinski definition) is 5. The number of carbonyl (C=O) groups is 2. The van der Waals surface area contributed by atoms with Gasteiger partial charge in [-0.1, -0.05) is 52.3 Å². The Morgan fingerprint density at radius 2 is 1.59 bits per heavy atom. The summed E-state index contributed by atoms with van der Waals surface area (Å²) >= 11 is 0. The lowest BCUT2D eigenvalue weighted by atomic mass is 9.38. The molecule has 0 radical (unpaired) electrons. The second-order valence-electron chi connectivity index (χ2n) is 14.4. The minimum Gasteiger partial charge on any atom is -0.393 e. The van der Waals surface area contributed by atoms with E-state index in [4.69, 9.17) is 0 Å². The van der Waals surface area contributed by atoms with Crippen LogP contribution in [-0.4, -0.2) is 66.6 Å². The van der Waals surface area contributed by atoms with E-state index in [0.29, 0.717) is 19.3 Å². The van der Waals surface area contributed by atoms with E-state index in [1.165, 1.54) is 32.9 Å². The summed E-state index contributed by atoms with van der Waals surface area (Å²) in [6.07, 6.45) is 3.10. The van der Waals surface area contributed by atoms with E-state index >= 15 is 0 Å². The van der Waals surface area contributed by atoms with Crippen molar-refractivity contribution in [1.82, 2.24) is 0 Å². The Balaban J connectivity index is 1.79. The van der Waals surface area contributed by atoms with Crippen LogP contribution in [-0.2, 0) is 9.59 Å². The Kier molecular flexibility index (Phi) is 6.43. The zero-order valence-electron chi connectivity index (χ0n) is 23.6. The Labute approximate surface area is 220 Å². The fourth-order valence-electron chi connectivity index (χ4n) is 9.15. The fraction of sp³-hybridized carbons (Fsp3) is 0.800. The van der Waals surface area contributed by atoms with Crippen molar-refractivity contribution in [3.63, 3.8) is 0 Å². The van der Waals surface area contributed by atoms with Crippen LogP contribution in [0.2, 0.25) is 0 Å². The number of aliphatic hydroxyl groups excluding tert-OH is 3. The molecule has 0 aromatic carbocycles. The first-order valence-corrected chi connectivity index (χ1v) is 13.6. The van der Waals surface area contributed by atoms with E-state index in [1.54, 1.807) is 0 Å². The molecule has 7 heteroatoms. The lowest BCUT2D eigenvalue weighted by molar-refractivity contribution is -0.186. The monoisotopic (exact) mass is 518 g/mol. The van der Waals surface area contributed by atoms with Crippen LogP contribution in [0.4, 0.5) is 0 Å². The number of rotatable bonds is 4. The third-order valence-corrected chi connectivity index (χ3v) is 11.4. The zero-order valence-corrected chi connectivity index (χ0v) is 23.6. The van der Waals surface area contributed by atoms with E-state index in [2.05, 4.69) is 13.0 Å². The summed E-state index contributed by atoms with van der Waals surface area (Å²) in [4.78, 5) is 27.4. The van der Waals surface area contributed by atoms with Gasteiger partial charge >= 0.3 is 0 Å². The molecule has 0 aliphatic heterocycles. The first-order chi connectivity index (χ1) is 16.7. The SMILES string of the molecule is CC(C)(O)/C=C/C(=O)[C@](C)(O)[C@H]1[C@H](O)C[C@@]2(C)[C@@H]3CC=C4[C@@H](C[C@@H](O)[C@@H](O)C4(C)C)[C@]3(C)C(=O)C[C@]12C. The molecule has 208 valence electrons. The summed E-state index contributed by atoms with van der Waals surface area (Å²) in [5, 5.41) is 54.6. The van der Waals surface area contributed by atoms with E-state index in [9.17, 15) is 35.1 Å². The van der Waals surface area contributed by atoms with Crippen molar-refractivity contribution in [2.24, 2.45) is 39.4 Å². The van der Waals surface area contributed by atoms with Crippen molar-refractivity contribution in [2.75, 3.05) is 0 Å². The number of carbonyl (C=O) groups excluding carboxylic acids is 2. The van der Waals surface area contributed by atoms with Crippen LogP contribution in [0.1, 0.15) is 81.1 Å². The molecule has 0 amide bonds. The first kappa shape index (κ1) is 28.6. The van der Waals surface area contributed by atoms with E-state index in [1.807, 2.05) is 27.7 Å². The maximum absolute atomic E-state index is 14.2. The predicted molar refractivity (Wildman–Crippen MR) is 139 cm³/mol. The second kappa shape index (κ2) is 8.31. The zero-order chi connectivity index (χ0) is 28.1. The summed E-state index contributed by atoms with van der Waals surface area (Å²) < 4.78 is 0. The van der Waals surface area contributed by atoms with Crippen molar-refractivity contribution >= 4 is 11.6 Å². The van der Waals surface area contributed by atoms with Gasteiger partial charge in [-0.05, 0) is 68.8 Å². The summed E-state index contributed by atoms with van der Waals surface area (Å²) in [6, 6.07) is 0. The van der Waals surface area contributed by atoms with Gasteiger partial charge in [-0.2, -0.15) is 0 Å². The molecule has 7 nitrogen and oxygen atoms in total. The normalized spacial score (nSPS) is 47.1. The van der Waals surface area contributed by atoms with Gasteiger partial charge in [-0.15, -0.1) is 0 Å². The number of fused-ring (bicyclic) bond motifs is 5. The average molecular weight is 519 g/mol. The van der Waals surface area contributed by atoms with Gasteiger partial charge in [0, 0.05) is 23.2 Å². The van der Waals surface area contributed by atoms with Crippen LogP contribution in [0.15, 0.2) is 23.8 Å². The largest absolute Gasteiger partial charge is 0.393 e. The molecule has 3 fully saturated rings. The maximum atomic E-state index is 14.2. The third-order valence-electron chi connectivity index (χ3n) is 11.4. The first-order valence-electron chi connectivity index (χ1n) is 13.6. The molecule has 10 atom stereocenters. The average Bonchev–Trinajstić information content (AvgIpc) is 2.96. The Morgan fingerprint density at radius 3 is 2.16 bits per heavy atom. The maximum Gasteiger partial charge on any atom is 0.187 e. The van der Waals surface area contributed by atoms with Gasteiger partial charge in [-0.25, -0.2) is 0 Å². The van der Waals surface area contributed by atoms with Crippen molar-refractivity contribution < 1.29 is 35.1 Å². The van der Waals surface area contributed by atoms with Gasteiger partial charge in [0.15, 0.2) is 5.78 Å². The van der Waals surface area contributed by atoms with E-state index in [-0.39, 0.29) is 24.0 Å². The third kappa shape index (κ3) is 3.79. The molecule has 4 aliphatic rings. The molecule has 4 rings (SSSR count). The molecular weight excluding hydrogens is 472 g/mol. The van der Waals surface area contributed by atoms with Crippen LogP contribution in [0.5, 0.6) is 0 Å². The number of Topliss-reactive ketones (excluding diaryl/α,β-unsaturated/α-hetero) is 1. The fourth-order valence-corrected chi connectivity index (χ4v) is 9.15. The van der Waals surface area contributed by atoms with Gasteiger partial charge < -0.3 is 25.5 Å². The minimum absolute atomic E-state index is 0.0156. The molecule has 0 bridgehead atoms. The van der Waals surface area contributed by atoms with E-state index in [0.717, 1.165) is 5.57 Å². The minimum atomic E-state index is -1.94. The molecule has 3 saturated carbocycles. The Morgan fingerprint density at radius 1 is 1.00 bits per heavy atom.